The molecule has 0 aliphatic heterocycles. The number of fused-ring (bicyclic) bond motifs is 3. The highest BCUT2D eigenvalue weighted by atomic mass is 32.1. The molecule has 11 aromatic rings. The van der Waals surface area contributed by atoms with E-state index in [1.807, 2.05) is 84.9 Å². The van der Waals surface area contributed by atoms with Gasteiger partial charge in [-0.15, -0.1) is 11.3 Å². The molecule has 0 atom stereocenters. The highest BCUT2D eigenvalue weighted by Crippen LogP contribution is 2.40. The van der Waals surface area contributed by atoms with Crippen molar-refractivity contribution in [2.75, 3.05) is 0 Å². The first kappa shape index (κ1) is 37.8. The second-order valence-corrected chi connectivity index (χ2v) is 16.1. The van der Waals surface area contributed by atoms with Crippen molar-refractivity contribution >= 4 is 31.5 Å². The molecule has 0 radical (unpaired) electrons. The third-order valence-corrected chi connectivity index (χ3v) is 12.1. The van der Waals surface area contributed by atoms with Crippen molar-refractivity contribution in [2.24, 2.45) is 0 Å². The first-order valence-corrected chi connectivity index (χ1v) is 21.1. The lowest BCUT2D eigenvalue weighted by molar-refractivity contribution is 0.627. The fourth-order valence-corrected chi connectivity index (χ4v) is 8.78. The zero-order valence-corrected chi connectivity index (χ0v) is 34.1. The average Bonchev–Trinajstić information content (AvgIpc) is 3.72. The zero-order chi connectivity index (χ0) is 42.3. The van der Waals surface area contributed by atoms with Crippen LogP contribution in [0.25, 0.3) is 111 Å². The van der Waals surface area contributed by atoms with Gasteiger partial charge in [-0.3, -0.25) is 0 Å². The fourth-order valence-electron chi connectivity index (χ4n) is 7.71. The van der Waals surface area contributed by atoms with Gasteiger partial charge in [0.2, 0.25) is 0 Å². The molecule has 63 heavy (non-hydrogen) atoms. The Bertz CT molecular complexity index is 3240. The Morgan fingerprint density at radius 2 is 0.540 bits per heavy atom. The zero-order valence-electron chi connectivity index (χ0n) is 33.3. The highest BCUT2D eigenvalue weighted by molar-refractivity contribution is 7.25. The van der Waals surface area contributed by atoms with E-state index in [4.69, 9.17) is 29.9 Å². The van der Waals surface area contributed by atoms with Crippen molar-refractivity contribution in [3.8, 4) is 90.6 Å². The van der Waals surface area contributed by atoms with Crippen LogP contribution in [0, 0.1) is 11.6 Å². The minimum Gasteiger partial charge on any atom is -0.208 e. The molecule has 0 N–H and O–H groups in total. The first-order valence-electron chi connectivity index (χ1n) is 20.3. The minimum atomic E-state index is -0.322. The van der Waals surface area contributed by atoms with Crippen LogP contribution in [-0.2, 0) is 0 Å². The Morgan fingerprint density at radius 3 is 0.921 bits per heavy atom. The molecular weight excluding hydrogens is 803 g/mol. The van der Waals surface area contributed by atoms with Gasteiger partial charge in [0.15, 0.2) is 34.9 Å². The van der Waals surface area contributed by atoms with Crippen LogP contribution >= 0.6 is 11.3 Å². The molecule has 9 heteroatoms. The molecular formula is C54H32F2N6S. The molecule has 3 aromatic heterocycles. The Morgan fingerprint density at radius 1 is 0.254 bits per heavy atom. The molecule has 0 saturated heterocycles. The topological polar surface area (TPSA) is 77.3 Å². The molecule has 0 amide bonds. The smallest absolute Gasteiger partial charge is 0.164 e. The Labute approximate surface area is 365 Å². The quantitative estimate of drug-likeness (QED) is 0.152. The number of benzene rings is 8. The van der Waals surface area contributed by atoms with Gasteiger partial charge in [0.1, 0.15) is 11.6 Å². The predicted molar refractivity (Wildman–Crippen MR) is 250 cm³/mol. The fraction of sp³-hybridized carbons (Fsp3) is 0. The minimum absolute atomic E-state index is 0.322. The highest BCUT2D eigenvalue weighted by Gasteiger charge is 2.16. The standard InChI is InChI=1S/C54H32F2N6S/c55-43-23-17-35(18-24-43)51-57-49(33-9-3-1-4-10-33)59-53(61-51)41-15-7-13-37(29-41)39-21-27-47-45(31-39)46-32-40(22-28-48(46)63-47)38-14-8-16-42(30-38)54-60-50(34-11-5-2-6-12-34)58-52(62-54)36-19-25-44(56)26-20-36/h1-32H. The summed E-state index contributed by atoms with van der Waals surface area (Å²) in [5.41, 5.74) is 8.98. The van der Waals surface area contributed by atoms with Crippen molar-refractivity contribution in [1.82, 2.24) is 29.9 Å². The van der Waals surface area contributed by atoms with Crippen LogP contribution in [0.5, 0.6) is 0 Å². The molecule has 0 aliphatic carbocycles. The van der Waals surface area contributed by atoms with Gasteiger partial charge < -0.3 is 0 Å². The lowest BCUT2D eigenvalue weighted by atomic mass is 9.98. The van der Waals surface area contributed by atoms with E-state index in [0.717, 1.165) is 55.3 Å². The van der Waals surface area contributed by atoms with Crippen LogP contribution in [0.1, 0.15) is 0 Å². The van der Waals surface area contributed by atoms with E-state index in [2.05, 4.69) is 60.7 Å². The third-order valence-electron chi connectivity index (χ3n) is 10.9. The number of thiophene rings is 1. The van der Waals surface area contributed by atoms with E-state index in [-0.39, 0.29) is 11.6 Å². The molecule has 0 unspecified atom stereocenters. The first-order chi connectivity index (χ1) is 31.0. The monoisotopic (exact) mass is 834 g/mol. The summed E-state index contributed by atoms with van der Waals surface area (Å²) in [6.45, 7) is 0. The van der Waals surface area contributed by atoms with Crippen LogP contribution in [0.3, 0.4) is 0 Å². The summed E-state index contributed by atoms with van der Waals surface area (Å²) in [6.07, 6.45) is 0. The van der Waals surface area contributed by atoms with E-state index in [9.17, 15) is 8.78 Å². The van der Waals surface area contributed by atoms with Crippen molar-refractivity contribution in [1.29, 1.82) is 0 Å². The molecule has 0 aliphatic rings. The number of hydrogen-bond acceptors (Lipinski definition) is 7. The van der Waals surface area contributed by atoms with Crippen molar-refractivity contribution in [3.63, 3.8) is 0 Å². The molecule has 298 valence electrons. The van der Waals surface area contributed by atoms with E-state index in [1.54, 1.807) is 35.6 Å². The molecule has 8 aromatic carbocycles. The van der Waals surface area contributed by atoms with E-state index < -0.39 is 0 Å². The van der Waals surface area contributed by atoms with Crippen molar-refractivity contribution in [3.05, 3.63) is 206 Å². The second-order valence-electron chi connectivity index (χ2n) is 15.0. The maximum Gasteiger partial charge on any atom is 0.164 e. The molecule has 11 rings (SSSR count). The van der Waals surface area contributed by atoms with E-state index in [1.165, 1.54) is 33.7 Å². The molecule has 0 fully saturated rings. The summed E-state index contributed by atoms with van der Waals surface area (Å²) in [5, 5.41) is 2.32. The number of halogens is 2. The van der Waals surface area contributed by atoms with Gasteiger partial charge in [-0.25, -0.2) is 38.7 Å². The molecule has 0 saturated carbocycles. The maximum absolute atomic E-state index is 13.9. The Hall–Kier alpha value is -8.14. The number of rotatable bonds is 8. The molecule has 0 bridgehead atoms. The van der Waals surface area contributed by atoms with Crippen LogP contribution in [0.2, 0.25) is 0 Å². The van der Waals surface area contributed by atoms with Gasteiger partial charge in [-0.2, -0.15) is 0 Å². The lowest BCUT2D eigenvalue weighted by Crippen LogP contribution is -2.00. The normalized spacial score (nSPS) is 11.3. The van der Waals surface area contributed by atoms with Gasteiger partial charge >= 0.3 is 0 Å². The summed E-state index contributed by atoms with van der Waals surface area (Å²) in [4.78, 5) is 29.2. The van der Waals surface area contributed by atoms with Gasteiger partial charge in [0.05, 0.1) is 0 Å². The number of nitrogens with zero attached hydrogens (tertiary/aromatic N) is 6. The Balaban J connectivity index is 0.959. The molecule has 3 heterocycles. The van der Waals surface area contributed by atoms with Gasteiger partial charge in [0, 0.05) is 53.6 Å². The number of aromatic nitrogens is 6. The van der Waals surface area contributed by atoms with Crippen LogP contribution < -0.4 is 0 Å². The second kappa shape index (κ2) is 16.0. The number of hydrogen-bond donors (Lipinski definition) is 0. The summed E-state index contributed by atoms with van der Waals surface area (Å²) in [5.74, 6) is 2.43. The SMILES string of the molecule is Fc1ccc(-c2nc(-c3ccccc3)nc(-c3cccc(-c4ccc5sc6ccc(-c7cccc(-c8nc(-c9ccccc9)nc(-c9ccc(F)cc9)n8)c7)cc6c5c4)c3)n2)cc1. The Kier molecular flexibility index (Phi) is 9.63. The van der Waals surface area contributed by atoms with Crippen molar-refractivity contribution in [2.45, 2.75) is 0 Å². The predicted octanol–water partition coefficient (Wildman–Crippen LogP) is 14.0. The van der Waals surface area contributed by atoms with Crippen LogP contribution in [-0.4, -0.2) is 29.9 Å². The maximum atomic E-state index is 13.9. The molecule has 0 spiro atoms. The van der Waals surface area contributed by atoms with E-state index in [0.29, 0.717) is 46.1 Å². The largest absolute Gasteiger partial charge is 0.208 e. The van der Waals surface area contributed by atoms with E-state index >= 15 is 0 Å². The summed E-state index contributed by atoms with van der Waals surface area (Å²) >= 11 is 1.77. The van der Waals surface area contributed by atoms with Gasteiger partial charge in [-0.05, 0) is 107 Å². The van der Waals surface area contributed by atoms with Gasteiger partial charge in [0.25, 0.3) is 0 Å². The van der Waals surface area contributed by atoms with Crippen LogP contribution in [0.15, 0.2) is 194 Å². The summed E-state index contributed by atoms with van der Waals surface area (Å²) in [6, 6.07) is 61.7. The van der Waals surface area contributed by atoms with Crippen molar-refractivity contribution < 1.29 is 8.78 Å². The molecule has 6 nitrogen and oxygen atoms in total. The summed E-state index contributed by atoms with van der Waals surface area (Å²) < 4.78 is 30.2. The average molecular weight is 835 g/mol. The third kappa shape index (κ3) is 7.62. The summed E-state index contributed by atoms with van der Waals surface area (Å²) in [7, 11) is 0. The van der Waals surface area contributed by atoms with Crippen LogP contribution in [0.4, 0.5) is 8.78 Å². The lowest BCUT2D eigenvalue weighted by Gasteiger charge is -2.10. The van der Waals surface area contributed by atoms with Gasteiger partial charge in [-0.1, -0.05) is 109 Å².